The molecule has 0 saturated heterocycles. The second kappa shape index (κ2) is 11.6. The summed E-state index contributed by atoms with van der Waals surface area (Å²) >= 11 is 0. The number of halogens is 3. The Morgan fingerprint density at radius 1 is 0.763 bits per heavy atom. The highest BCUT2D eigenvalue weighted by Crippen LogP contribution is 2.31. The Morgan fingerprint density at radius 3 is 2.05 bits per heavy atom. The van der Waals surface area contributed by atoms with Crippen LogP contribution < -0.4 is 15.4 Å². The number of alkyl halides is 3. The van der Waals surface area contributed by atoms with Crippen LogP contribution >= 0.6 is 0 Å². The average Bonchev–Trinajstić information content (AvgIpc) is 2.92. The molecule has 4 aromatic carbocycles. The molecule has 0 aliphatic carbocycles. The van der Waals surface area contributed by atoms with Gasteiger partial charge in [-0.25, -0.2) is 0 Å². The van der Waals surface area contributed by atoms with Crippen molar-refractivity contribution in [3.8, 4) is 16.9 Å². The molecule has 8 heteroatoms. The summed E-state index contributed by atoms with van der Waals surface area (Å²) in [7, 11) is 0. The lowest BCUT2D eigenvalue weighted by atomic mass is 10.1. The minimum atomic E-state index is -4.52. The smallest absolute Gasteiger partial charge is 0.416 e. The quantitative estimate of drug-likeness (QED) is 0.255. The summed E-state index contributed by atoms with van der Waals surface area (Å²) < 4.78 is 44.8. The third kappa shape index (κ3) is 6.79. The second-order valence-corrected chi connectivity index (χ2v) is 8.51. The van der Waals surface area contributed by atoms with Crippen LogP contribution in [-0.2, 0) is 11.0 Å². The van der Waals surface area contributed by atoms with Crippen molar-refractivity contribution in [2.45, 2.75) is 25.6 Å². The molecule has 0 spiro atoms. The number of amides is 2. The van der Waals surface area contributed by atoms with Crippen molar-refractivity contribution < 1.29 is 27.5 Å². The van der Waals surface area contributed by atoms with Gasteiger partial charge in [0.2, 0.25) is 0 Å². The number of carbonyl (C=O) groups is 2. The minimum Gasteiger partial charge on any atom is -0.481 e. The fraction of sp³-hybridized carbons (Fsp3) is 0.133. The number of anilines is 2. The first kappa shape index (κ1) is 26.5. The lowest BCUT2D eigenvalue weighted by Crippen LogP contribution is -2.32. The van der Waals surface area contributed by atoms with E-state index >= 15 is 0 Å². The zero-order valence-electron chi connectivity index (χ0n) is 20.5. The Labute approximate surface area is 218 Å². The van der Waals surface area contributed by atoms with Gasteiger partial charge in [-0.2, -0.15) is 13.2 Å². The first-order valence-electron chi connectivity index (χ1n) is 11.9. The van der Waals surface area contributed by atoms with Gasteiger partial charge in [0, 0.05) is 16.9 Å². The number of hydrogen-bond acceptors (Lipinski definition) is 3. The Hall–Kier alpha value is -4.59. The molecular formula is C30H25F3N2O3. The molecule has 1 atom stereocenters. The summed E-state index contributed by atoms with van der Waals surface area (Å²) in [5.74, 6) is -0.460. The van der Waals surface area contributed by atoms with Crippen molar-refractivity contribution in [3.63, 3.8) is 0 Å². The van der Waals surface area contributed by atoms with Crippen LogP contribution in [0.1, 0.15) is 29.3 Å². The van der Waals surface area contributed by atoms with Crippen LogP contribution in [0.5, 0.6) is 5.75 Å². The van der Waals surface area contributed by atoms with Crippen molar-refractivity contribution in [1.29, 1.82) is 0 Å². The van der Waals surface area contributed by atoms with E-state index in [1.54, 1.807) is 24.3 Å². The summed E-state index contributed by atoms with van der Waals surface area (Å²) in [6, 6.07) is 27.8. The highest BCUT2D eigenvalue weighted by molar-refractivity contribution is 6.05. The number of ether oxygens (including phenoxy) is 1. The molecule has 0 fully saturated rings. The van der Waals surface area contributed by atoms with E-state index in [0.29, 0.717) is 17.9 Å². The topological polar surface area (TPSA) is 67.4 Å². The SMILES string of the molecule is CCC(Oc1ccc(-c2ccccc2)cc1)C(=O)Nc1cccc(C(=O)Nc2cccc(C(F)(F)F)c2)c1. The van der Waals surface area contributed by atoms with Gasteiger partial charge in [-0.1, -0.05) is 61.5 Å². The average molecular weight is 519 g/mol. The van der Waals surface area contributed by atoms with E-state index in [2.05, 4.69) is 10.6 Å². The Kier molecular flexibility index (Phi) is 8.11. The van der Waals surface area contributed by atoms with Crippen molar-refractivity contribution >= 4 is 23.2 Å². The van der Waals surface area contributed by atoms with Crippen molar-refractivity contribution in [3.05, 3.63) is 114 Å². The predicted molar refractivity (Wildman–Crippen MR) is 141 cm³/mol. The second-order valence-electron chi connectivity index (χ2n) is 8.51. The molecule has 5 nitrogen and oxygen atoms in total. The van der Waals surface area contributed by atoms with E-state index in [-0.39, 0.29) is 11.3 Å². The van der Waals surface area contributed by atoms with E-state index in [1.807, 2.05) is 49.4 Å². The molecule has 2 N–H and O–H groups in total. The molecular weight excluding hydrogens is 493 g/mol. The molecule has 2 amide bonds. The molecule has 4 rings (SSSR count). The zero-order chi connectivity index (χ0) is 27.1. The molecule has 4 aromatic rings. The first-order chi connectivity index (χ1) is 18.2. The van der Waals surface area contributed by atoms with E-state index in [0.717, 1.165) is 23.3 Å². The number of carbonyl (C=O) groups excluding carboxylic acids is 2. The maximum absolute atomic E-state index is 13.0. The van der Waals surface area contributed by atoms with Gasteiger partial charge in [0.15, 0.2) is 6.10 Å². The van der Waals surface area contributed by atoms with Gasteiger partial charge >= 0.3 is 6.18 Å². The molecule has 0 aliphatic rings. The maximum Gasteiger partial charge on any atom is 0.416 e. The van der Waals surface area contributed by atoms with Crippen molar-refractivity contribution in [2.24, 2.45) is 0 Å². The van der Waals surface area contributed by atoms with E-state index < -0.39 is 29.7 Å². The summed E-state index contributed by atoms with van der Waals surface area (Å²) in [4.78, 5) is 25.5. The standard InChI is InChI=1S/C30H25F3N2O3/c1-2-27(38-26-16-14-21(15-17-26)20-8-4-3-5-9-20)29(37)35-24-12-6-10-22(18-24)28(36)34-25-13-7-11-23(19-25)30(31,32)33/h3-19,27H,2H2,1H3,(H,34,36)(H,35,37). The van der Waals surface area contributed by atoms with Gasteiger partial charge in [0.05, 0.1) is 5.56 Å². The van der Waals surface area contributed by atoms with Gasteiger partial charge in [0.1, 0.15) is 5.75 Å². The Morgan fingerprint density at radius 2 is 1.39 bits per heavy atom. The number of benzene rings is 4. The number of nitrogens with one attached hydrogen (secondary N) is 2. The lowest BCUT2D eigenvalue weighted by molar-refractivity contribution is -0.137. The van der Waals surface area contributed by atoms with Crippen LogP contribution in [0.25, 0.3) is 11.1 Å². The molecule has 0 aromatic heterocycles. The summed E-state index contributed by atoms with van der Waals surface area (Å²) in [5, 5.41) is 5.20. The molecule has 0 radical (unpaired) electrons. The summed E-state index contributed by atoms with van der Waals surface area (Å²) in [6.45, 7) is 1.82. The first-order valence-corrected chi connectivity index (χ1v) is 11.9. The van der Waals surface area contributed by atoms with Crippen LogP contribution in [0, 0.1) is 0 Å². The maximum atomic E-state index is 13.0. The third-order valence-corrected chi connectivity index (χ3v) is 5.74. The van der Waals surface area contributed by atoms with Gasteiger partial charge in [-0.3, -0.25) is 9.59 Å². The Balaban J connectivity index is 1.39. The third-order valence-electron chi connectivity index (χ3n) is 5.74. The van der Waals surface area contributed by atoms with Crippen LogP contribution in [0.3, 0.4) is 0 Å². The molecule has 0 saturated carbocycles. The molecule has 38 heavy (non-hydrogen) atoms. The largest absolute Gasteiger partial charge is 0.481 e. The van der Waals surface area contributed by atoms with Gasteiger partial charge in [-0.15, -0.1) is 0 Å². The normalized spacial score (nSPS) is 11.9. The fourth-order valence-electron chi connectivity index (χ4n) is 3.78. The summed E-state index contributed by atoms with van der Waals surface area (Å²) in [6.07, 6.45) is -4.89. The van der Waals surface area contributed by atoms with E-state index in [9.17, 15) is 22.8 Å². The Bertz CT molecular complexity index is 1400. The van der Waals surface area contributed by atoms with E-state index in [1.165, 1.54) is 24.3 Å². The van der Waals surface area contributed by atoms with E-state index in [4.69, 9.17) is 4.74 Å². The number of rotatable bonds is 8. The summed E-state index contributed by atoms with van der Waals surface area (Å²) in [5.41, 5.74) is 1.77. The zero-order valence-corrected chi connectivity index (χ0v) is 20.5. The molecule has 194 valence electrons. The number of hydrogen-bond donors (Lipinski definition) is 2. The molecule has 1 unspecified atom stereocenters. The molecule has 0 heterocycles. The minimum absolute atomic E-state index is 0.0111. The highest BCUT2D eigenvalue weighted by Gasteiger charge is 2.30. The van der Waals surface area contributed by atoms with Crippen molar-refractivity contribution in [2.75, 3.05) is 10.6 Å². The van der Waals surface area contributed by atoms with Crippen LogP contribution in [-0.4, -0.2) is 17.9 Å². The monoisotopic (exact) mass is 518 g/mol. The fourth-order valence-corrected chi connectivity index (χ4v) is 3.78. The predicted octanol–water partition coefficient (Wildman–Crippen LogP) is 7.42. The van der Waals surface area contributed by atoms with Gasteiger partial charge in [0.25, 0.3) is 11.8 Å². The highest BCUT2D eigenvalue weighted by atomic mass is 19.4. The van der Waals surface area contributed by atoms with Crippen molar-refractivity contribution in [1.82, 2.24) is 0 Å². The lowest BCUT2D eigenvalue weighted by Gasteiger charge is -2.18. The van der Waals surface area contributed by atoms with Crippen LogP contribution in [0.2, 0.25) is 0 Å². The van der Waals surface area contributed by atoms with Crippen LogP contribution in [0.4, 0.5) is 24.5 Å². The molecule has 0 bridgehead atoms. The van der Waals surface area contributed by atoms with Gasteiger partial charge < -0.3 is 15.4 Å². The van der Waals surface area contributed by atoms with Crippen LogP contribution in [0.15, 0.2) is 103 Å². The van der Waals surface area contributed by atoms with Gasteiger partial charge in [-0.05, 0) is 66.1 Å². The molecule has 0 aliphatic heterocycles.